The fourth-order valence-electron chi connectivity index (χ4n) is 4.08. The second-order valence-corrected chi connectivity index (χ2v) is 9.11. The maximum atomic E-state index is 13.0. The zero-order valence-corrected chi connectivity index (χ0v) is 14.5. The van der Waals surface area contributed by atoms with E-state index in [0.29, 0.717) is 25.7 Å². The van der Waals surface area contributed by atoms with Crippen molar-refractivity contribution in [3.05, 3.63) is 30.1 Å². The second-order valence-electron chi connectivity index (χ2n) is 7.18. The molecule has 0 aromatic heterocycles. The van der Waals surface area contributed by atoms with Gasteiger partial charge in [-0.3, -0.25) is 4.90 Å². The van der Waals surface area contributed by atoms with E-state index in [2.05, 4.69) is 4.90 Å². The molecule has 3 fully saturated rings. The molecule has 0 bridgehead atoms. The highest BCUT2D eigenvalue weighted by Gasteiger charge is 2.54. The van der Waals surface area contributed by atoms with Crippen molar-refractivity contribution in [3.63, 3.8) is 0 Å². The molecule has 1 unspecified atom stereocenters. The van der Waals surface area contributed by atoms with Gasteiger partial charge in [-0.15, -0.1) is 0 Å². The van der Waals surface area contributed by atoms with Gasteiger partial charge >= 0.3 is 0 Å². The molecule has 1 spiro atoms. The van der Waals surface area contributed by atoms with E-state index >= 15 is 0 Å². The van der Waals surface area contributed by atoms with Crippen LogP contribution in [0.1, 0.15) is 25.7 Å². The summed E-state index contributed by atoms with van der Waals surface area (Å²) >= 11 is 0. The Morgan fingerprint density at radius 1 is 1.08 bits per heavy atom. The SMILES string of the molecule is O=S(=O)(c1ccc(F)cc1)N1CC2(CC(N3CCCCC3)CO2)C1. The van der Waals surface area contributed by atoms with Gasteiger partial charge in [-0.1, -0.05) is 6.42 Å². The van der Waals surface area contributed by atoms with E-state index in [4.69, 9.17) is 4.74 Å². The van der Waals surface area contributed by atoms with Crippen LogP contribution in [-0.4, -0.2) is 62.1 Å². The van der Waals surface area contributed by atoms with Crippen molar-refractivity contribution >= 4 is 10.0 Å². The molecule has 7 heteroatoms. The molecular weight excluding hydrogens is 331 g/mol. The molecular formula is C17H23FN2O3S. The Hall–Kier alpha value is -1.02. The molecule has 0 aliphatic carbocycles. The van der Waals surface area contributed by atoms with E-state index in [0.717, 1.165) is 19.5 Å². The van der Waals surface area contributed by atoms with Gasteiger partial charge in [-0.05, 0) is 56.6 Å². The van der Waals surface area contributed by atoms with E-state index in [9.17, 15) is 12.8 Å². The molecule has 3 aliphatic rings. The number of hydrogen-bond acceptors (Lipinski definition) is 4. The number of sulfonamides is 1. The Labute approximate surface area is 142 Å². The minimum atomic E-state index is -3.55. The Bertz CT molecular complexity index is 695. The van der Waals surface area contributed by atoms with Crippen LogP contribution in [0, 0.1) is 5.82 Å². The second kappa shape index (κ2) is 6.05. The normalized spacial score (nSPS) is 28.1. The lowest BCUT2D eigenvalue weighted by Crippen LogP contribution is -2.63. The predicted octanol–water partition coefficient (Wildman–Crippen LogP) is 1.84. The number of benzene rings is 1. The van der Waals surface area contributed by atoms with Crippen molar-refractivity contribution in [1.29, 1.82) is 0 Å². The molecule has 0 saturated carbocycles. The first-order chi connectivity index (χ1) is 11.5. The van der Waals surface area contributed by atoms with Gasteiger partial charge in [-0.2, -0.15) is 4.31 Å². The van der Waals surface area contributed by atoms with Crippen LogP contribution in [0.4, 0.5) is 4.39 Å². The third-order valence-corrected chi connectivity index (χ3v) is 7.28. The van der Waals surface area contributed by atoms with E-state index < -0.39 is 15.8 Å². The lowest BCUT2D eigenvalue weighted by atomic mass is 9.91. The number of likely N-dealkylation sites (tertiary alicyclic amines) is 1. The average Bonchev–Trinajstić information content (AvgIpc) is 3.00. The lowest BCUT2D eigenvalue weighted by Gasteiger charge is -2.46. The standard InChI is InChI=1S/C17H23FN2O3S/c18-14-4-6-16(7-5-14)24(21,22)20-12-17(13-20)10-15(11-23-17)19-8-2-1-3-9-19/h4-7,15H,1-3,8-13H2. The van der Waals surface area contributed by atoms with Gasteiger partial charge in [0.1, 0.15) is 5.82 Å². The number of piperidine rings is 1. The molecule has 132 valence electrons. The first kappa shape index (κ1) is 16.4. The summed E-state index contributed by atoms with van der Waals surface area (Å²) in [5, 5.41) is 0. The van der Waals surface area contributed by atoms with Crippen molar-refractivity contribution in [2.45, 2.75) is 42.2 Å². The monoisotopic (exact) mass is 354 g/mol. The molecule has 1 atom stereocenters. The third-order valence-electron chi connectivity index (χ3n) is 5.48. The molecule has 5 nitrogen and oxygen atoms in total. The fraction of sp³-hybridized carbons (Fsp3) is 0.647. The summed E-state index contributed by atoms with van der Waals surface area (Å²) in [5.41, 5.74) is -0.324. The van der Waals surface area contributed by atoms with Crippen LogP contribution in [0.5, 0.6) is 0 Å². The summed E-state index contributed by atoms with van der Waals surface area (Å²) in [5.74, 6) is -0.433. The molecule has 0 amide bonds. The summed E-state index contributed by atoms with van der Waals surface area (Å²) in [4.78, 5) is 2.64. The largest absolute Gasteiger partial charge is 0.371 e. The van der Waals surface area contributed by atoms with Gasteiger partial charge in [0.05, 0.1) is 17.1 Å². The van der Waals surface area contributed by atoms with Crippen LogP contribution in [0.3, 0.4) is 0 Å². The van der Waals surface area contributed by atoms with Crippen LogP contribution >= 0.6 is 0 Å². The number of ether oxygens (including phenoxy) is 1. The van der Waals surface area contributed by atoms with Crippen LogP contribution < -0.4 is 0 Å². The summed E-state index contributed by atoms with van der Waals surface area (Å²) in [6, 6.07) is 5.42. The van der Waals surface area contributed by atoms with Gasteiger partial charge in [0.15, 0.2) is 0 Å². The summed E-state index contributed by atoms with van der Waals surface area (Å²) in [7, 11) is -3.55. The molecule has 0 radical (unpaired) electrons. The van der Waals surface area contributed by atoms with Gasteiger partial charge in [-0.25, -0.2) is 12.8 Å². The Balaban J connectivity index is 1.40. The smallest absolute Gasteiger partial charge is 0.243 e. The summed E-state index contributed by atoms with van der Waals surface area (Å²) in [6.45, 7) is 3.75. The molecule has 1 aromatic rings. The molecule has 0 N–H and O–H groups in total. The van der Waals surface area contributed by atoms with Crippen molar-refractivity contribution in [2.75, 3.05) is 32.8 Å². The quantitative estimate of drug-likeness (QED) is 0.831. The van der Waals surface area contributed by atoms with Crippen molar-refractivity contribution in [1.82, 2.24) is 9.21 Å². The van der Waals surface area contributed by atoms with Gasteiger partial charge < -0.3 is 4.74 Å². The van der Waals surface area contributed by atoms with Crippen molar-refractivity contribution in [2.24, 2.45) is 0 Å². The minimum absolute atomic E-state index is 0.143. The van der Waals surface area contributed by atoms with Crippen LogP contribution in [0.2, 0.25) is 0 Å². The molecule has 4 rings (SSSR count). The summed E-state index contributed by atoms with van der Waals surface area (Å²) < 4.78 is 45.6. The predicted molar refractivity (Wildman–Crippen MR) is 87.7 cm³/mol. The maximum Gasteiger partial charge on any atom is 0.243 e. The Kier molecular flexibility index (Phi) is 4.15. The van der Waals surface area contributed by atoms with Gasteiger partial charge in [0.25, 0.3) is 0 Å². The van der Waals surface area contributed by atoms with E-state index in [1.165, 1.54) is 47.8 Å². The summed E-state index contributed by atoms with van der Waals surface area (Å²) in [6.07, 6.45) is 4.70. The first-order valence-corrected chi connectivity index (χ1v) is 10.1. The molecule has 3 heterocycles. The third kappa shape index (κ3) is 2.87. The van der Waals surface area contributed by atoms with Crippen molar-refractivity contribution < 1.29 is 17.5 Å². The first-order valence-electron chi connectivity index (χ1n) is 8.62. The topological polar surface area (TPSA) is 49.9 Å². The van der Waals surface area contributed by atoms with E-state index in [1.807, 2.05) is 0 Å². The highest BCUT2D eigenvalue weighted by Crippen LogP contribution is 2.40. The van der Waals surface area contributed by atoms with Gasteiger partial charge in [0.2, 0.25) is 10.0 Å². The van der Waals surface area contributed by atoms with Crippen LogP contribution in [-0.2, 0) is 14.8 Å². The Morgan fingerprint density at radius 2 is 1.75 bits per heavy atom. The fourth-order valence-corrected chi connectivity index (χ4v) is 5.67. The Morgan fingerprint density at radius 3 is 2.42 bits per heavy atom. The zero-order chi connectivity index (χ0) is 16.8. The molecule has 3 saturated heterocycles. The zero-order valence-electron chi connectivity index (χ0n) is 13.7. The maximum absolute atomic E-state index is 13.0. The van der Waals surface area contributed by atoms with Crippen LogP contribution in [0.15, 0.2) is 29.2 Å². The van der Waals surface area contributed by atoms with E-state index in [-0.39, 0.29) is 10.5 Å². The molecule has 1 aromatic carbocycles. The highest BCUT2D eigenvalue weighted by atomic mass is 32.2. The number of hydrogen-bond donors (Lipinski definition) is 0. The number of halogens is 1. The number of rotatable bonds is 3. The number of nitrogens with zero attached hydrogens (tertiary/aromatic N) is 2. The van der Waals surface area contributed by atoms with E-state index in [1.54, 1.807) is 0 Å². The highest BCUT2D eigenvalue weighted by molar-refractivity contribution is 7.89. The molecule has 24 heavy (non-hydrogen) atoms. The van der Waals surface area contributed by atoms with Gasteiger partial charge in [0, 0.05) is 19.1 Å². The average molecular weight is 354 g/mol. The van der Waals surface area contributed by atoms with Crippen molar-refractivity contribution in [3.8, 4) is 0 Å². The minimum Gasteiger partial charge on any atom is -0.371 e. The lowest BCUT2D eigenvalue weighted by molar-refractivity contribution is -0.0774. The molecule has 3 aliphatic heterocycles. The van der Waals surface area contributed by atoms with Crippen LogP contribution in [0.25, 0.3) is 0 Å².